The Bertz CT molecular complexity index is 817. The lowest BCUT2D eigenvalue weighted by molar-refractivity contribution is 0.206. The second-order valence-electron chi connectivity index (χ2n) is 5.12. The highest BCUT2D eigenvalue weighted by molar-refractivity contribution is 7.80. The largest absolute Gasteiger partial charge is 0.493 e. The van der Waals surface area contributed by atoms with Crippen molar-refractivity contribution in [2.75, 3.05) is 27.4 Å². The van der Waals surface area contributed by atoms with Crippen LogP contribution < -0.4 is 30.1 Å². The van der Waals surface area contributed by atoms with Gasteiger partial charge in [-0.1, -0.05) is 23.7 Å². The fourth-order valence-corrected chi connectivity index (χ4v) is 2.48. The topological polar surface area (TPSA) is 87.3 Å². The second-order valence-corrected chi connectivity index (χ2v) is 5.96. The Balaban J connectivity index is 1.99. The molecule has 0 saturated heterocycles. The molecule has 0 fully saturated rings. The molecule has 0 amide bonds. The monoisotopic (exact) mass is 409 g/mol. The number of hydrazone groups is 1. The number of rotatable bonds is 9. The predicted molar refractivity (Wildman–Crippen MR) is 110 cm³/mol. The molecule has 9 heteroatoms. The fourth-order valence-electron chi connectivity index (χ4n) is 2.16. The molecule has 0 aromatic heterocycles. The van der Waals surface area contributed by atoms with E-state index in [0.717, 1.165) is 0 Å². The number of nitrogens with two attached hydrogens (primary N) is 1. The highest BCUT2D eigenvalue weighted by Crippen LogP contribution is 2.36. The van der Waals surface area contributed by atoms with Gasteiger partial charge in [-0.3, -0.25) is 5.43 Å². The van der Waals surface area contributed by atoms with Crippen LogP contribution in [0.15, 0.2) is 41.5 Å². The number of methoxy groups -OCH3 is 2. The molecular formula is C18H20ClN3O4S. The first-order chi connectivity index (χ1) is 13.0. The number of hydrogen-bond acceptors (Lipinski definition) is 6. The Morgan fingerprint density at radius 1 is 1.11 bits per heavy atom. The Kier molecular flexibility index (Phi) is 7.97. The van der Waals surface area contributed by atoms with Crippen LogP contribution in [0, 0.1) is 0 Å². The summed E-state index contributed by atoms with van der Waals surface area (Å²) >= 11 is 11.0. The maximum atomic E-state index is 6.30. The molecule has 0 unspecified atom stereocenters. The maximum Gasteiger partial charge on any atom is 0.184 e. The molecule has 0 spiro atoms. The first-order valence-corrected chi connectivity index (χ1v) is 8.68. The van der Waals surface area contributed by atoms with E-state index in [2.05, 4.69) is 22.7 Å². The number of ether oxygens (including phenoxy) is 4. The van der Waals surface area contributed by atoms with Crippen molar-refractivity contribution < 1.29 is 18.9 Å². The minimum Gasteiger partial charge on any atom is -0.493 e. The van der Waals surface area contributed by atoms with Crippen LogP contribution in [0.25, 0.3) is 0 Å². The van der Waals surface area contributed by atoms with Crippen molar-refractivity contribution in [1.82, 2.24) is 5.43 Å². The van der Waals surface area contributed by atoms with Gasteiger partial charge >= 0.3 is 0 Å². The van der Waals surface area contributed by atoms with E-state index in [-0.39, 0.29) is 11.7 Å². The zero-order valence-corrected chi connectivity index (χ0v) is 16.5. The number of halogens is 1. The van der Waals surface area contributed by atoms with E-state index < -0.39 is 0 Å². The van der Waals surface area contributed by atoms with Gasteiger partial charge in [0.15, 0.2) is 28.1 Å². The molecule has 3 N–H and O–H groups in total. The zero-order chi connectivity index (χ0) is 19.6. The number of benzene rings is 2. The first-order valence-electron chi connectivity index (χ1n) is 7.89. The van der Waals surface area contributed by atoms with E-state index in [4.69, 9.17) is 36.3 Å². The van der Waals surface area contributed by atoms with Gasteiger partial charge in [0.25, 0.3) is 0 Å². The van der Waals surface area contributed by atoms with Crippen LogP contribution in [-0.4, -0.2) is 38.8 Å². The summed E-state index contributed by atoms with van der Waals surface area (Å²) in [7, 11) is 3.11. The van der Waals surface area contributed by atoms with Crippen LogP contribution in [0.4, 0.5) is 0 Å². The SMILES string of the molecule is COc1ccccc1OCCOc1c(Cl)cc(/C=N\NC(N)=S)cc1OC. The van der Waals surface area contributed by atoms with Crippen molar-refractivity contribution in [1.29, 1.82) is 0 Å². The molecule has 0 heterocycles. The molecule has 0 atom stereocenters. The average Bonchev–Trinajstić information content (AvgIpc) is 2.66. The van der Waals surface area contributed by atoms with Crippen LogP contribution in [0.5, 0.6) is 23.0 Å². The maximum absolute atomic E-state index is 6.30. The standard InChI is InChI=1S/C18H20ClN3O4S/c1-23-14-5-3-4-6-15(14)25-7-8-26-17-13(19)9-12(10-16(17)24-2)11-21-22-18(20)27/h3-6,9-11H,7-8H2,1-2H3,(H3,20,22,27)/b21-11-. The number of hydrogen-bond donors (Lipinski definition) is 2. The third-order valence-corrected chi connectivity index (χ3v) is 3.67. The van der Waals surface area contributed by atoms with Gasteiger partial charge in [0.2, 0.25) is 0 Å². The molecule has 0 aliphatic carbocycles. The average molecular weight is 410 g/mol. The number of nitrogens with zero attached hydrogens (tertiary/aromatic N) is 1. The molecule has 0 aliphatic heterocycles. The Hall–Kier alpha value is -2.71. The molecule has 0 bridgehead atoms. The van der Waals surface area contributed by atoms with Crippen LogP contribution >= 0.6 is 23.8 Å². The van der Waals surface area contributed by atoms with Gasteiger partial charge in [-0.25, -0.2) is 0 Å². The van der Waals surface area contributed by atoms with Crippen molar-refractivity contribution in [2.24, 2.45) is 10.8 Å². The summed E-state index contributed by atoms with van der Waals surface area (Å²) < 4.78 is 22.0. The van der Waals surface area contributed by atoms with Crippen molar-refractivity contribution in [2.45, 2.75) is 0 Å². The number of para-hydroxylation sites is 2. The highest BCUT2D eigenvalue weighted by Gasteiger charge is 2.12. The molecule has 2 rings (SSSR count). The van der Waals surface area contributed by atoms with Gasteiger partial charge in [0.1, 0.15) is 13.2 Å². The van der Waals surface area contributed by atoms with Crippen LogP contribution in [-0.2, 0) is 0 Å². The van der Waals surface area contributed by atoms with Gasteiger partial charge < -0.3 is 24.7 Å². The van der Waals surface area contributed by atoms with Gasteiger partial charge in [0.05, 0.1) is 25.5 Å². The van der Waals surface area contributed by atoms with Crippen molar-refractivity contribution in [3.63, 3.8) is 0 Å². The summed E-state index contributed by atoms with van der Waals surface area (Å²) in [6.07, 6.45) is 1.52. The van der Waals surface area contributed by atoms with Crippen LogP contribution in [0.2, 0.25) is 5.02 Å². The summed E-state index contributed by atoms with van der Waals surface area (Å²) in [5, 5.41) is 4.33. The van der Waals surface area contributed by atoms with Crippen molar-refractivity contribution >= 4 is 35.1 Å². The Morgan fingerprint density at radius 3 is 2.44 bits per heavy atom. The summed E-state index contributed by atoms with van der Waals surface area (Å²) in [5.41, 5.74) is 8.47. The molecule has 2 aromatic rings. The number of nitrogens with one attached hydrogen (secondary N) is 1. The van der Waals surface area contributed by atoms with Gasteiger partial charge in [-0.2, -0.15) is 5.10 Å². The molecule has 144 valence electrons. The minimum absolute atomic E-state index is 0.0688. The minimum atomic E-state index is 0.0688. The summed E-state index contributed by atoms with van der Waals surface area (Å²) in [5.74, 6) is 2.18. The zero-order valence-electron chi connectivity index (χ0n) is 14.9. The van der Waals surface area contributed by atoms with E-state index in [1.807, 2.05) is 24.3 Å². The van der Waals surface area contributed by atoms with E-state index >= 15 is 0 Å². The smallest absolute Gasteiger partial charge is 0.184 e. The van der Waals surface area contributed by atoms with E-state index in [0.29, 0.717) is 40.2 Å². The highest BCUT2D eigenvalue weighted by atomic mass is 35.5. The second kappa shape index (κ2) is 10.4. The quantitative estimate of drug-likeness (QED) is 0.285. The molecule has 0 aliphatic rings. The normalized spacial score (nSPS) is 10.5. The molecule has 7 nitrogen and oxygen atoms in total. The Labute approximate surface area is 168 Å². The number of thiocarbonyl (C=S) groups is 1. The van der Waals surface area contributed by atoms with Gasteiger partial charge in [0, 0.05) is 0 Å². The molecule has 0 saturated carbocycles. The van der Waals surface area contributed by atoms with E-state index in [9.17, 15) is 0 Å². The van der Waals surface area contributed by atoms with Gasteiger partial charge in [-0.05, 0) is 42.0 Å². The van der Waals surface area contributed by atoms with Gasteiger partial charge in [-0.15, -0.1) is 0 Å². The lowest BCUT2D eigenvalue weighted by atomic mass is 10.2. The lowest BCUT2D eigenvalue weighted by Gasteiger charge is -2.14. The van der Waals surface area contributed by atoms with Crippen molar-refractivity contribution in [3.8, 4) is 23.0 Å². The molecular weight excluding hydrogens is 390 g/mol. The van der Waals surface area contributed by atoms with Crippen LogP contribution in [0.3, 0.4) is 0 Å². The molecule has 27 heavy (non-hydrogen) atoms. The third kappa shape index (κ3) is 6.19. The fraction of sp³-hybridized carbons (Fsp3) is 0.222. The summed E-state index contributed by atoms with van der Waals surface area (Å²) in [6.45, 7) is 0.575. The third-order valence-electron chi connectivity index (χ3n) is 3.30. The van der Waals surface area contributed by atoms with E-state index in [1.165, 1.54) is 13.3 Å². The van der Waals surface area contributed by atoms with E-state index in [1.54, 1.807) is 19.2 Å². The first kappa shape index (κ1) is 20.6. The Morgan fingerprint density at radius 2 is 1.78 bits per heavy atom. The molecule has 0 radical (unpaired) electrons. The predicted octanol–water partition coefficient (Wildman–Crippen LogP) is 2.98. The molecule has 2 aromatic carbocycles. The summed E-state index contributed by atoms with van der Waals surface area (Å²) in [6, 6.07) is 10.8. The van der Waals surface area contributed by atoms with Crippen molar-refractivity contribution in [3.05, 3.63) is 47.0 Å². The lowest BCUT2D eigenvalue weighted by Crippen LogP contribution is -2.23. The summed E-state index contributed by atoms with van der Waals surface area (Å²) in [4.78, 5) is 0. The van der Waals surface area contributed by atoms with Crippen LogP contribution in [0.1, 0.15) is 5.56 Å².